The number of carboxylic acid groups (broad SMARTS) is 1. The summed E-state index contributed by atoms with van der Waals surface area (Å²) in [7, 11) is 0. The molecule has 1 atom stereocenters. The Morgan fingerprint density at radius 3 is 2.55 bits per heavy atom. The molecule has 0 saturated carbocycles. The molecule has 0 aromatic heterocycles. The Hall–Kier alpha value is 0.390. The minimum Gasteiger partial charge on any atom is -0.548 e. The van der Waals surface area contributed by atoms with Crippen molar-refractivity contribution in [2.75, 3.05) is 6.54 Å². The first-order chi connectivity index (χ1) is 4.72. The molecular formula is C6H10NNaO3. The molecule has 0 radical (unpaired) electrons. The van der Waals surface area contributed by atoms with Gasteiger partial charge < -0.3 is 15.1 Å². The van der Waals surface area contributed by atoms with Gasteiger partial charge in [0.1, 0.15) is 0 Å². The van der Waals surface area contributed by atoms with Crippen LogP contribution >= 0.6 is 0 Å². The smallest absolute Gasteiger partial charge is 0.548 e. The van der Waals surface area contributed by atoms with E-state index in [1.807, 2.05) is 0 Å². The van der Waals surface area contributed by atoms with Gasteiger partial charge in [-0.25, -0.2) is 0 Å². The molecule has 0 bridgehead atoms. The second-order valence-corrected chi connectivity index (χ2v) is 2.49. The van der Waals surface area contributed by atoms with Crippen molar-refractivity contribution < 1.29 is 44.7 Å². The Bertz CT molecular complexity index is 142. The zero-order valence-electron chi connectivity index (χ0n) is 6.62. The summed E-state index contributed by atoms with van der Waals surface area (Å²) in [6, 6.07) is -0.784. The first kappa shape index (κ1) is 11.4. The Labute approximate surface area is 87.4 Å². The SMILES string of the molecule is O=C([O-])[C@@H]1CCCCN1O.[Na+]. The molecule has 1 aliphatic heterocycles. The average molecular weight is 167 g/mol. The van der Waals surface area contributed by atoms with Crippen molar-refractivity contribution in [3.05, 3.63) is 0 Å². The van der Waals surface area contributed by atoms with Gasteiger partial charge in [-0.2, -0.15) is 5.06 Å². The summed E-state index contributed by atoms with van der Waals surface area (Å²) < 4.78 is 0. The van der Waals surface area contributed by atoms with E-state index in [-0.39, 0.29) is 29.6 Å². The number of carbonyl (C=O) groups is 1. The Morgan fingerprint density at radius 2 is 2.18 bits per heavy atom. The summed E-state index contributed by atoms with van der Waals surface area (Å²) in [5, 5.41) is 20.0. The molecule has 4 nitrogen and oxygen atoms in total. The topological polar surface area (TPSA) is 63.6 Å². The molecule has 11 heavy (non-hydrogen) atoms. The van der Waals surface area contributed by atoms with Crippen LogP contribution in [0.2, 0.25) is 0 Å². The number of nitrogens with zero attached hydrogens (tertiary/aromatic N) is 1. The molecule has 1 rings (SSSR count). The molecule has 1 N–H and O–H groups in total. The molecule has 0 aliphatic carbocycles. The summed E-state index contributed by atoms with van der Waals surface area (Å²) in [5.74, 6) is -1.18. The van der Waals surface area contributed by atoms with Gasteiger partial charge in [0.15, 0.2) is 0 Å². The van der Waals surface area contributed by atoms with Crippen molar-refractivity contribution in [3.63, 3.8) is 0 Å². The number of rotatable bonds is 1. The van der Waals surface area contributed by atoms with Gasteiger partial charge in [0.2, 0.25) is 0 Å². The van der Waals surface area contributed by atoms with E-state index < -0.39 is 12.0 Å². The van der Waals surface area contributed by atoms with Crippen molar-refractivity contribution in [3.8, 4) is 0 Å². The first-order valence-corrected chi connectivity index (χ1v) is 3.38. The fourth-order valence-corrected chi connectivity index (χ4v) is 1.16. The Morgan fingerprint density at radius 1 is 1.55 bits per heavy atom. The van der Waals surface area contributed by atoms with Crippen LogP contribution in [0.15, 0.2) is 0 Å². The third-order valence-electron chi connectivity index (χ3n) is 1.75. The second kappa shape index (κ2) is 5.11. The van der Waals surface area contributed by atoms with E-state index in [1.54, 1.807) is 0 Å². The second-order valence-electron chi connectivity index (χ2n) is 2.49. The predicted octanol–water partition coefficient (Wildman–Crippen LogP) is -4.02. The fraction of sp³-hybridized carbons (Fsp3) is 0.833. The van der Waals surface area contributed by atoms with Crippen LogP contribution < -0.4 is 34.7 Å². The quantitative estimate of drug-likeness (QED) is 0.404. The Kier molecular flexibility index (Phi) is 5.29. The van der Waals surface area contributed by atoms with Crippen LogP contribution in [0.5, 0.6) is 0 Å². The fourth-order valence-electron chi connectivity index (χ4n) is 1.16. The summed E-state index contributed by atoms with van der Waals surface area (Å²) in [4.78, 5) is 10.3. The van der Waals surface area contributed by atoms with Gasteiger partial charge in [-0.15, -0.1) is 0 Å². The van der Waals surface area contributed by atoms with Crippen molar-refractivity contribution in [2.45, 2.75) is 25.3 Å². The molecule has 5 heteroatoms. The summed E-state index contributed by atoms with van der Waals surface area (Å²) in [6.07, 6.45) is 2.22. The minimum atomic E-state index is -1.18. The molecule has 1 saturated heterocycles. The monoisotopic (exact) mass is 167 g/mol. The molecule has 1 fully saturated rings. The van der Waals surface area contributed by atoms with Crippen LogP contribution in [-0.4, -0.2) is 28.8 Å². The zero-order valence-corrected chi connectivity index (χ0v) is 8.62. The van der Waals surface area contributed by atoms with E-state index >= 15 is 0 Å². The molecular weight excluding hydrogens is 157 g/mol. The van der Waals surface area contributed by atoms with E-state index in [0.29, 0.717) is 13.0 Å². The Balaban J connectivity index is 0.000001000. The van der Waals surface area contributed by atoms with Crippen LogP contribution in [0, 0.1) is 0 Å². The van der Waals surface area contributed by atoms with Gasteiger partial charge >= 0.3 is 29.6 Å². The predicted molar refractivity (Wildman–Crippen MR) is 31.1 cm³/mol. The van der Waals surface area contributed by atoms with Crippen LogP contribution in [0.3, 0.4) is 0 Å². The van der Waals surface area contributed by atoms with Crippen LogP contribution in [0.4, 0.5) is 0 Å². The number of hydrogen-bond acceptors (Lipinski definition) is 4. The number of carbonyl (C=O) groups excluding carboxylic acids is 1. The third kappa shape index (κ3) is 3.09. The maximum atomic E-state index is 10.3. The first-order valence-electron chi connectivity index (χ1n) is 3.38. The summed E-state index contributed by atoms with van der Waals surface area (Å²) >= 11 is 0. The summed E-state index contributed by atoms with van der Waals surface area (Å²) in [6.45, 7) is 0.443. The van der Waals surface area contributed by atoms with E-state index in [2.05, 4.69) is 0 Å². The zero-order chi connectivity index (χ0) is 7.56. The van der Waals surface area contributed by atoms with Gasteiger partial charge in [0, 0.05) is 6.54 Å². The van der Waals surface area contributed by atoms with Crippen molar-refractivity contribution in [1.82, 2.24) is 5.06 Å². The van der Waals surface area contributed by atoms with Gasteiger partial charge in [-0.3, -0.25) is 0 Å². The van der Waals surface area contributed by atoms with E-state index in [9.17, 15) is 9.90 Å². The van der Waals surface area contributed by atoms with E-state index in [4.69, 9.17) is 5.21 Å². The van der Waals surface area contributed by atoms with Gasteiger partial charge in [0.25, 0.3) is 0 Å². The van der Waals surface area contributed by atoms with Crippen LogP contribution in [-0.2, 0) is 4.79 Å². The number of hydroxylamine groups is 2. The van der Waals surface area contributed by atoms with E-state index in [1.165, 1.54) is 0 Å². The van der Waals surface area contributed by atoms with Gasteiger partial charge in [-0.1, -0.05) is 6.42 Å². The molecule has 1 aliphatic rings. The van der Waals surface area contributed by atoms with Crippen molar-refractivity contribution in [2.24, 2.45) is 0 Å². The molecule has 58 valence electrons. The van der Waals surface area contributed by atoms with Gasteiger partial charge in [0.05, 0.1) is 12.0 Å². The number of aliphatic carboxylic acids is 1. The number of hydrogen-bond donors (Lipinski definition) is 1. The molecule has 0 amide bonds. The summed E-state index contributed by atoms with van der Waals surface area (Å²) in [5.41, 5.74) is 0. The largest absolute Gasteiger partial charge is 1.00 e. The normalized spacial score (nSPS) is 25.7. The maximum absolute atomic E-state index is 10.3. The minimum absolute atomic E-state index is 0. The molecule has 0 aromatic carbocycles. The van der Waals surface area contributed by atoms with E-state index in [0.717, 1.165) is 17.9 Å². The maximum Gasteiger partial charge on any atom is 1.00 e. The van der Waals surface area contributed by atoms with Crippen molar-refractivity contribution in [1.29, 1.82) is 0 Å². The van der Waals surface area contributed by atoms with Crippen LogP contribution in [0.1, 0.15) is 19.3 Å². The standard InChI is InChI=1S/C6H11NO3.Na/c8-6(9)5-3-1-2-4-7(5)10;/h5,10H,1-4H2,(H,8,9);/q;+1/p-1/t5-;/m0./s1. The molecule has 0 unspecified atom stereocenters. The van der Waals surface area contributed by atoms with Crippen molar-refractivity contribution >= 4 is 5.97 Å². The van der Waals surface area contributed by atoms with Gasteiger partial charge in [-0.05, 0) is 12.8 Å². The average Bonchev–Trinajstić information content (AvgIpc) is 1.88. The molecule has 0 spiro atoms. The third-order valence-corrected chi connectivity index (χ3v) is 1.75. The number of piperidine rings is 1. The van der Waals surface area contributed by atoms with Crippen LogP contribution in [0.25, 0.3) is 0 Å². The molecule has 0 aromatic rings. The number of carboxylic acids is 1. The molecule has 1 heterocycles.